The van der Waals surface area contributed by atoms with Crippen LogP contribution in [0.5, 0.6) is 0 Å². The molecule has 0 radical (unpaired) electrons. The van der Waals surface area contributed by atoms with Crippen LogP contribution in [-0.2, 0) is 23.8 Å². The normalized spacial score (nSPS) is 35.6. The average molecular weight is 414 g/mol. The minimum absolute atomic E-state index is 0.0689. The van der Waals surface area contributed by atoms with Crippen LogP contribution in [0.1, 0.15) is 0 Å². The second-order valence-corrected chi connectivity index (χ2v) is 7.06. The Bertz CT molecular complexity index is 777. The lowest BCUT2D eigenvalue weighted by Crippen LogP contribution is -2.55. The highest BCUT2D eigenvalue weighted by Gasteiger charge is 2.72. The highest BCUT2D eigenvalue weighted by Crippen LogP contribution is 2.56. The number of methoxy groups -OCH3 is 2. The summed E-state index contributed by atoms with van der Waals surface area (Å²) >= 11 is 3.16. The average Bonchev–Trinajstić information content (AvgIpc) is 3.18. The van der Waals surface area contributed by atoms with Gasteiger partial charge in [0, 0.05) is 25.3 Å². The van der Waals surface area contributed by atoms with Gasteiger partial charge in [0.2, 0.25) is 11.6 Å². The van der Waals surface area contributed by atoms with Crippen LogP contribution >= 0.6 is 15.9 Å². The molecule has 9 nitrogen and oxygen atoms in total. The maximum absolute atomic E-state index is 13.0. The van der Waals surface area contributed by atoms with Crippen molar-refractivity contribution in [2.45, 2.75) is 17.8 Å². The van der Waals surface area contributed by atoms with E-state index in [9.17, 15) is 14.4 Å². The number of halogens is 1. The second-order valence-electron chi connectivity index (χ2n) is 6.27. The van der Waals surface area contributed by atoms with Crippen molar-refractivity contribution >= 4 is 33.6 Å². The molecule has 0 aromatic heterocycles. The number of nitrogens with zero attached hydrogens (tertiary/aromatic N) is 1. The summed E-state index contributed by atoms with van der Waals surface area (Å²) in [4.78, 5) is 38.8. The van der Waals surface area contributed by atoms with Crippen molar-refractivity contribution in [2.75, 3.05) is 27.4 Å². The number of rotatable bonds is 4. The number of ether oxygens (including phenoxy) is 3. The lowest BCUT2D eigenvalue weighted by Gasteiger charge is -2.39. The van der Waals surface area contributed by atoms with Crippen LogP contribution in [-0.4, -0.2) is 67.7 Å². The van der Waals surface area contributed by atoms with Crippen molar-refractivity contribution in [1.82, 2.24) is 10.2 Å². The number of allylic oxidation sites excluding steroid dienone is 2. The summed E-state index contributed by atoms with van der Waals surface area (Å²) in [6.07, 6.45) is -0.955. The van der Waals surface area contributed by atoms with Crippen molar-refractivity contribution in [3.8, 4) is 0 Å². The Morgan fingerprint density at radius 2 is 2.12 bits per heavy atom. The van der Waals surface area contributed by atoms with E-state index >= 15 is 0 Å². The van der Waals surface area contributed by atoms with E-state index in [1.165, 1.54) is 14.2 Å². The predicted molar refractivity (Wildman–Crippen MR) is 86.2 cm³/mol. The monoisotopic (exact) mass is 413 g/mol. The van der Waals surface area contributed by atoms with E-state index in [1.54, 1.807) is 4.90 Å². The highest BCUT2D eigenvalue weighted by molar-refractivity contribution is 9.12. The van der Waals surface area contributed by atoms with Crippen molar-refractivity contribution in [2.24, 2.45) is 11.7 Å². The lowest BCUT2D eigenvalue weighted by molar-refractivity contribution is -0.137. The van der Waals surface area contributed by atoms with Crippen LogP contribution in [0, 0.1) is 5.92 Å². The number of piperazine rings is 1. The van der Waals surface area contributed by atoms with Gasteiger partial charge in [-0.15, -0.1) is 0 Å². The Hall–Kier alpha value is -1.91. The molecule has 2 saturated heterocycles. The number of nitrogens with two attached hydrogens (primary N) is 1. The first-order valence-electron chi connectivity index (χ1n) is 7.66. The molecule has 3 heterocycles. The van der Waals surface area contributed by atoms with Gasteiger partial charge in [-0.05, 0) is 15.9 Å². The van der Waals surface area contributed by atoms with Crippen LogP contribution in [0.4, 0.5) is 4.79 Å². The molecule has 4 aliphatic rings. The topological polar surface area (TPSA) is 130 Å². The molecule has 4 rings (SSSR count). The molecule has 0 aromatic rings. The van der Waals surface area contributed by atoms with Crippen molar-refractivity contribution < 1.29 is 28.6 Å². The molecule has 3 N–H and O–H groups in total. The molecule has 0 aromatic carbocycles. The van der Waals surface area contributed by atoms with Gasteiger partial charge >= 0.3 is 6.09 Å². The van der Waals surface area contributed by atoms with Gasteiger partial charge in [0.15, 0.2) is 11.5 Å². The highest BCUT2D eigenvalue weighted by atomic mass is 79.9. The zero-order valence-electron chi connectivity index (χ0n) is 13.5. The van der Waals surface area contributed by atoms with Gasteiger partial charge in [-0.25, -0.2) is 4.79 Å². The third-order valence-electron chi connectivity index (χ3n) is 5.29. The summed E-state index contributed by atoms with van der Waals surface area (Å²) in [6, 6.07) is 0.0782. The Kier molecular flexibility index (Phi) is 3.50. The first-order chi connectivity index (χ1) is 11.9. The summed E-state index contributed by atoms with van der Waals surface area (Å²) in [6.45, 7) is 0.350. The molecule has 1 aliphatic carbocycles. The van der Waals surface area contributed by atoms with Gasteiger partial charge in [0.1, 0.15) is 11.1 Å². The molecule has 4 atom stereocenters. The number of hydrogen-bond acceptors (Lipinski definition) is 8. The third-order valence-corrected chi connectivity index (χ3v) is 6.01. The van der Waals surface area contributed by atoms with Gasteiger partial charge in [-0.2, -0.15) is 0 Å². The third kappa shape index (κ3) is 1.92. The first kappa shape index (κ1) is 16.6. The second kappa shape index (κ2) is 5.29. The van der Waals surface area contributed by atoms with Gasteiger partial charge in [-0.1, -0.05) is 0 Å². The van der Waals surface area contributed by atoms with Crippen molar-refractivity contribution in [3.63, 3.8) is 0 Å². The van der Waals surface area contributed by atoms with Crippen LogP contribution in [0.25, 0.3) is 0 Å². The Balaban J connectivity index is 1.84. The molecule has 0 unspecified atom stereocenters. The number of nitrogens with one attached hydrogen (secondary N) is 1. The number of carbonyl (C=O) groups is 3. The number of carbonyl (C=O) groups excluding carboxylic acids is 3. The van der Waals surface area contributed by atoms with E-state index in [4.69, 9.17) is 19.9 Å². The van der Waals surface area contributed by atoms with Gasteiger partial charge in [0.25, 0.3) is 0 Å². The van der Waals surface area contributed by atoms with Gasteiger partial charge in [-0.3, -0.25) is 9.59 Å². The van der Waals surface area contributed by atoms with Crippen LogP contribution in [0.3, 0.4) is 0 Å². The Morgan fingerprint density at radius 1 is 1.40 bits per heavy atom. The summed E-state index contributed by atoms with van der Waals surface area (Å²) in [5.41, 5.74) is 4.63. The number of primary amides is 1. The standard InChI is InChI=1S/C15H16BrN3O6/c1-23-12-8(16)11(21)9-7(10(12)20)5(4-25-14(17)22)15(24-2)13-6(18-13)3-19(9)15/h5-6,13,18H,3-4H2,1-2H3,(H2,17,22)/t5-,6+,13+,15-/m1/s1. The zero-order chi connectivity index (χ0) is 18.1. The first-order valence-corrected chi connectivity index (χ1v) is 8.46. The van der Waals surface area contributed by atoms with E-state index in [0.29, 0.717) is 6.54 Å². The number of hydrogen-bond donors (Lipinski definition) is 2. The molecule has 0 saturated carbocycles. The SMILES string of the molecule is COC1=C(Br)C(=O)C2=C(C1=O)[C@@H](COC(N)=O)[C@@]1(OC)[C@H]3N[C@H]3CN21. The molecular formula is C15H16BrN3O6. The molecule has 3 aliphatic heterocycles. The molecule has 1 amide bonds. The van der Waals surface area contributed by atoms with E-state index in [2.05, 4.69) is 21.2 Å². The summed E-state index contributed by atoms with van der Waals surface area (Å²) in [5.74, 6) is -1.51. The molecular weight excluding hydrogens is 398 g/mol. The molecule has 10 heteroatoms. The quantitative estimate of drug-likeness (QED) is 0.460. The number of amides is 1. The van der Waals surface area contributed by atoms with Gasteiger partial charge < -0.3 is 30.2 Å². The molecule has 25 heavy (non-hydrogen) atoms. The van der Waals surface area contributed by atoms with Gasteiger partial charge in [0.05, 0.1) is 24.8 Å². The van der Waals surface area contributed by atoms with Crippen molar-refractivity contribution in [3.05, 3.63) is 21.5 Å². The van der Waals surface area contributed by atoms with E-state index in [1.807, 2.05) is 0 Å². The fourth-order valence-corrected chi connectivity index (χ4v) is 4.84. The fourth-order valence-electron chi connectivity index (χ4n) is 4.31. The lowest BCUT2D eigenvalue weighted by atomic mass is 9.84. The van der Waals surface area contributed by atoms with E-state index < -0.39 is 23.5 Å². The number of fused-ring (bicyclic) bond motifs is 4. The van der Waals surface area contributed by atoms with Crippen LogP contribution in [0.15, 0.2) is 21.5 Å². The molecule has 0 spiro atoms. The summed E-state index contributed by atoms with van der Waals surface area (Å²) < 4.78 is 16.0. The largest absolute Gasteiger partial charge is 0.491 e. The molecule has 0 bridgehead atoms. The fraction of sp³-hybridized carbons (Fsp3) is 0.533. The maximum atomic E-state index is 13.0. The Morgan fingerprint density at radius 3 is 2.72 bits per heavy atom. The van der Waals surface area contributed by atoms with E-state index in [0.717, 1.165) is 0 Å². The zero-order valence-corrected chi connectivity index (χ0v) is 15.1. The minimum Gasteiger partial charge on any atom is -0.491 e. The number of Topliss-reactive ketones (excluding diaryl/α,β-unsaturated/α-hetero) is 2. The van der Waals surface area contributed by atoms with Crippen molar-refractivity contribution in [1.29, 1.82) is 0 Å². The Labute approximate surface area is 151 Å². The van der Waals surface area contributed by atoms with E-state index in [-0.39, 0.29) is 46.0 Å². The predicted octanol–water partition coefficient (Wildman–Crippen LogP) is -0.631. The number of ketones is 2. The summed E-state index contributed by atoms with van der Waals surface area (Å²) in [5, 5.41) is 3.28. The minimum atomic E-state index is -0.980. The molecule has 2 fully saturated rings. The van der Waals surface area contributed by atoms with Crippen LogP contribution < -0.4 is 11.1 Å². The maximum Gasteiger partial charge on any atom is 0.404 e. The van der Waals surface area contributed by atoms with Crippen LogP contribution in [0.2, 0.25) is 0 Å². The smallest absolute Gasteiger partial charge is 0.404 e. The summed E-state index contributed by atoms with van der Waals surface area (Å²) in [7, 11) is 2.84. The molecule has 134 valence electrons.